The van der Waals surface area contributed by atoms with Crippen LogP contribution in [0.2, 0.25) is 0 Å². The molecular formula is C44H52BrN3O11S2. The van der Waals surface area contributed by atoms with Crippen LogP contribution in [0.25, 0.3) is 41.6 Å². The van der Waals surface area contributed by atoms with Crippen LogP contribution in [0.3, 0.4) is 0 Å². The van der Waals surface area contributed by atoms with E-state index in [4.69, 9.17) is 58.8 Å². The molecule has 0 aliphatic carbocycles. The number of thiazole rings is 2. The van der Waals surface area contributed by atoms with Gasteiger partial charge >= 0.3 is 0 Å². The summed E-state index contributed by atoms with van der Waals surface area (Å²) in [6.45, 7) is 6.13. The van der Waals surface area contributed by atoms with Crippen LogP contribution in [-0.4, -0.2) is 132 Å². The molecule has 0 saturated heterocycles. The molecular weight excluding hydrogens is 891 g/mol. The molecule has 328 valence electrons. The van der Waals surface area contributed by atoms with Crippen molar-refractivity contribution in [3.05, 3.63) is 95.0 Å². The Morgan fingerprint density at radius 1 is 0.541 bits per heavy atom. The molecule has 0 saturated carbocycles. The van der Waals surface area contributed by atoms with Gasteiger partial charge in [-0.1, -0.05) is 24.3 Å². The molecule has 0 aliphatic heterocycles. The van der Waals surface area contributed by atoms with Gasteiger partial charge in [-0.05, 0) is 76.6 Å². The summed E-state index contributed by atoms with van der Waals surface area (Å²) in [7, 11) is 0. The number of benzene rings is 4. The first-order chi connectivity index (χ1) is 29.9. The number of nitrogens with zero attached hydrogens (tertiary/aromatic N) is 2. The number of aromatic nitrogens is 2. The number of ether oxygens (including phenoxy) is 8. The molecule has 0 atom stereocenters. The number of rotatable bonds is 28. The molecule has 2 aromatic heterocycles. The number of carbonyl (C=O) groups is 1. The number of fused-ring (bicyclic) bond motifs is 2. The van der Waals surface area contributed by atoms with E-state index in [0.29, 0.717) is 98.2 Å². The van der Waals surface area contributed by atoms with Gasteiger partial charge in [-0.3, -0.25) is 4.79 Å². The van der Waals surface area contributed by atoms with Gasteiger partial charge in [0.25, 0.3) is 0 Å². The van der Waals surface area contributed by atoms with Crippen LogP contribution in [-0.2, 0) is 39.6 Å². The molecule has 0 fully saturated rings. The molecule has 14 nitrogen and oxygen atoms in total. The quantitative estimate of drug-likeness (QED) is 0.0451. The van der Waals surface area contributed by atoms with E-state index < -0.39 is 5.91 Å². The Hall–Kier alpha value is -4.11. The minimum Gasteiger partial charge on any atom is -0.491 e. The molecule has 17 heteroatoms. The summed E-state index contributed by atoms with van der Waals surface area (Å²) in [5.41, 5.74) is 10.1. The Balaban J connectivity index is 0.000000232. The second-order valence-electron chi connectivity index (χ2n) is 12.9. The first kappa shape index (κ1) is 47.9. The van der Waals surface area contributed by atoms with Crippen molar-refractivity contribution in [1.29, 1.82) is 0 Å². The standard InChI is InChI=1S/C23H28N2O6S.C21H24BrNO5S/c24-22(27)16-18-15-17(23-25-19-3-1-2-4-21(19)32-23)5-6-20(18)31-14-13-30-12-11-29-10-9-28-8-7-26;22-17-15-16(21-23-18-3-1-2-4-20(18)29-21)5-6-19(17)28-14-13-27-12-11-26-10-9-25-8-7-24/h1-6,15,26H,7-14,16H2,(H2,24,27);1-6,15,24H,7-14H2. The summed E-state index contributed by atoms with van der Waals surface area (Å²) >= 11 is 6.86. The summed E-state index contributed by atoms with van der Waals surface area (Å²) < 4.78 is 46.7. The third-order valence-corrected chi connectivity index (χ3v) is 11.2. The highest BCUT2D eigenvalue weighted by molar-refractivity contribution is 9.10. The number of carbonyl (C=O) groups excluding carboxylic acids is 1. The van der Waals surface area contributed by atoms with Gasteiger partial charge in [0, 0.05) is 16.7 Å². The van der Waals surface area contributed by atoms with E-state index in [1.54, 1.807) is 22.7 Å². The van der Waals surface area contributed by atoms with Crippen LogP contribution in [0.15, 0.2) is 89.4 Å². The number of primary amides is 1. The molecule has 0 aliphatic rings. The van der Waals surface area contributed by atoms with Crippen LogP contribution < -0.4 is 15.2 Å². The number of aliphatic hydroxyl groups excluding tert-OH is 2. The lowest BCUT2D eigenvalue weighted by atomic mass is 10.1. The number of para-hydroxylation sites is 2. The van der Waals surface area contributed by atoms with E-state index in [2.05, 4.69) is 27.0 Å². The maximum Gasteiger partial charge on any atom is 0.221 e. The summed E-state index contributed by atoms with van der Waals surface area (Å²) in [4.78, 5) is 20.9. The second kappa shape index (κ2) is 27.8. The molecule has 0 spiro atoms. The van der Waals surface area contributed by atoms with Crippen molar-refractivity contribution in [3.8, 4) is 32.6 Å². The van der Waals surface area contributed by atoms with Gasteiger partial charge in [0.1, 0.15) is 34.7 Å². The van der Waals surface area contributed by atoms with Gasteiger partial charge in [0.2, 0.25) is 5.91 Å². The first-order valence-electron chi connectivity index (χ1n) is 19.8. The molecule has 0 radical (unpaired) electrons. The predicted octanol–water partition coefficient (Wildman–Crippen LogP) is 6.56. The number of hydrogen-bond acceptors (Lipinski definition) is 15. The minimum atomic E-state index is -0.423. The van der Waals surface area contributed by atoms with Crippen LogP contribution >= 0.6 is 38.6 Å². The van der Waals surface area contributed by atoms with Crippen LogP contribution in [0.5, 0.6) is 11.5 Å². The lowest BCUT2D eigenvalue weighted by Gasteiger charge is -2.12. The van der Waals surface area contributed by atoms with Gasteiger partial charge in [0.05, 0.1) is 124 Å². The van der Waals surface area contributed by atoms with Crippen LogP contribution in [0.4, 0.5) is 0 Å². The average molecular weight is 943 g/mol. The van der Waals surface area contributed by atoms with Crippen LogP contribution in [0.1, 0.15) is 5.56 Å². The number of halogens is 1. The number of amides is 1. The Labute approximate surface area is 371 Å². The highest BCUT2D eigenvalue weighted by Crippen LogP contribution is 2.35. The van der Waals surface area contributed by atoms with Crippen molar-refractivity contribution in [2.75, 3.05) is 106 Å². The van der Waals surface area contributed by atoms with E-state index in [1.165, 1.54) is 4.70 Å². The molecule has 1 amide bonds. The molecule has 6 aromatic rings. The fourth-order valence-electron chi connectivity index (χ4n) is 5.56. The smallest absolute Gasteiger partial charge is 0.221 e. The SMILES string of the molecule is NC(=O)Cc1cc(-c2nc3ccccc3s2)ccc1OCCOCCOCCOCCO.OCCOCCOCCOCCOc1ccc(-c2nc3ccccc3s2)cc1Br. The van der Waals surface area contributed by atoms with Crippen molar-refractivity contribution in [3.63, 3.8) is 0 Å². The zero-order valence-electron chi connectivity index (χ0n) is 33.8. The predicted molar refractivity (Wildman–Crippen MR) is 241 cm³/mol. The van der Waals surface area contributed by atoms with Gasteiger partial charge < -0.3 is 53.8 Å². The number of hydrogen-bond donors (Lipinski definition) is 3. The van der Waals surface area contributed by atoms with E-state index in [1.807, 2.05) is 78.9 Å². The van der Waals surface area contributed by atoms with Crippen molar-refractivity contribution in [2.45, 2.75) is 6.42 Å². The van der Waals surface area contributed by atoms with Gasteiger partial charge in [-0.15, -0.1) is 22.7 Å². The molecule has 6 rings (SSSR count). The normalized spacial score (nSPS) is 11.2. The van der Waals surface area contributed by atoms with E-state index in [0.717, 1.165) is 52.7 Å². The minimum absolute atomic E-state index is 0.00890. The summed E-state index contributed by atoms with van der Waals surface area (Å²) in [5, 5.41) is 19.1. The molecule has 4 N–H and O–H groups in total. The first-order valence-corrected chi connectivity index (χ1v) is 22.2. The number of nitrogens with two attached hydrogens (primary N) is 1. The molecule has 0 unspecified atom stereocenters. The largest absolute Gasteiger partial charge is 0.491 e. The molecule has 2 heterocycles. The second-order valence-corrected chi connectivity index (χ2v) is 15.8. The van der Waals surface area contributed by atoms with Crippen molar-refractivity contribution in [1.82, 2.24) is 9.97 Å². The fraction of sp³-hybridized carbons (Fsp3) is 0.386. The highest BCUT2D eigenvalue weighted by atomic mass is 79.9. The molecule has 0 bridgehead atoms. The summed E-state index contributed by atoms with van der Waals surface area (Å²) in [6, 6.07) is 27.8. The Morgan fingerprint density at radius 2 is 0.951 bits per heavy atom. The van der Waals surface area contributed by atoms with Gasteiger partial charge in [-0.2, -0.15) is 0 Å². The monoisotopic (exact) mass is 941 g/mol. The lowest BCUT2D eigenvalue weighted by Crippen LogP contribution is -2.16. The van der Waals surface area contributed by atoms with E-state index >= 15 is 0 Å². The summed E-state index contributed by atoms with van der Waals surface area (Å²) in [5.74, 6) is 0.956. The highest BCUT2D eigenvalue weighted by Gasteiger charge is 2.13. The maximum absolute atomic E-state index is 11.6. The van der Waals surface area contributed by atoms with Crippen molar-refractivity contribution in [2.24, 2.45) is 5.73 Å². The lowest BCUT2D eigenvalue weighted by molar-refractivity contribution is -0.117. The maximum atomic E-state index is 11.6. The fourth-order valence-corrected chi connectivity index (χ4v) is 7.97. The van der Waals surface area contributed by atoms with Crippen molar-refractivity contribution >= 4 is 64.9 Å². The number of aliphatic hydroxyl groups is 2. The van der Waals surface area contributed by atoms with Gasteiger partial charge in [0.15, 0.2) is 0 Å². The average Bonchev–Trinajstić information content (AvgIpc) is 3.91. The molecule has 61 heavy (non-hydrogen) atoms. The third-order valence-electron chi connectivity index (χ3n) is 8.37. The zero-order valence-corrected chi connectivity index (χ0v) is 37.1. The van der Waals surface area contributed by atoms with Crippen molar-refractivity contribution < 1.29 is 52.9 Å². The summed E-state index contributed by atoms with van der Waals surface area (Å²) in [6.07, 6.45) is 0.0844. The molecule has 4 aromatic carbocycles. The van der Waals surface area contributed by atoms with Crippen LogP contribution in [0, 0.1) is 0 Å². The van der Waals surface area contributed by atoms with E-state index in [-0.39, 0.29) is 19.6 Å². The Morgan fingerprint density at radius 3 is 1.39 bits per heavy atom. The Bertz CT molecular complexity index is 2120. The third kappa shape index (κ3) is 16.9. The van der Waals surface area contributed by atoms with E-state index in [9.17, 15) is 4.79 Å². The van der Waals surface area contributed by atoms with Gasteiger partial charge in [-0.25, -0.2) is 9.97 Å². The zero-order chi connectivity index (χ0) is 42.9. The topological polar surface area (TPSA) is 183 Å². The Kier molecular flexibility index (Phi) is 21.8.